The average Bonchev–Trinajstić information content (AvgIpc) is 3.88. The van der Waals surface area contributed by atoms with Crippen molar-refractivity contribution in [2.24, 2.45) is 0 Å². The van der Waals surface area contributed by atoms with Gasteiger partial charge in [-0.1, -0.05) is 267 Å². The number of fused-ring (bicyclic) bond motifs is 6. The molecule has 3 aliphatic rings. The maximum atomic E-state index is 2.61. The Morgan fingerprint density at radius 2 is 0.861 bits per heavy atom. The number of rotatable bonds is 8. The lowest BCUT2D eigenvalue weighted by Gasteiger charge is -2.37. The first-order valence-electron chi connectivity index (χ1n) is 26.4. The van der Waals surface area contributed by atoms with Crippen molar-refractivity contribution in [3.63, 3.8) is 0 Å². The van der Waals surface area contributed by atoms with Gasteiger partial charge in [-0.15, -0.1) is 0 Å². The molecule has 0 saturated carbocycles. The molecule has 1 unspecified atom stereocenters. The van der Waals surface area contributed by atoms with Crippen molar-refractivity contribution in [2.75, 3.05) is 4.90 Å². The summed E-state index contributed by atoms with van der Waals surface area (Å²) in [6.45, 7) is 18.9. The third-order valence-corrected chi connectivity index (χ3v) is 14.8. The van der Waals surface area contributed by atoms with Crippen molar-refractivity contribution in [1.29, 1.82) is 0 Å². The Kier molecular flexibility index (Phi) is 14.6. The third-order valence-electron chi connectivity index (χ3n) is 14.8. The van der Waals surface area contributed by atoms with Gasteiger partial charge in [0.1, 0.15) is 0 Å². The number of benzene rings is 9. The largest absolute Gasteiger partial charge is 0.334 e. The van der Waals surface area contributed by atoms with Crippen molar-refractivity contribution < 1.29 is 0 Å². The number of aryl methyl sites for hydroxylation is 1. The van der Waals surface area contributed by atoms with E-state index < -0.39 is 5.41 Å². The van der Waals surface area contributed by atoms with Crippen LogP contribution in [0.15, 0.2) is 237 Å². The quantitative estimate of drug-likeness (QED) is 0.147. The van der Waals surface area contributed by atoms with Crippen molar-refractivity contribution in [3.05, 3.63) is 281 Å². The Morgan fingerprint density at radius 1 is 0.389 bits per heavy atom. The fourth-order valence-electron chi connectivity index (χ4n) is 11.4. The molecule has 0 aliphatic heterocycles. The van der Waals surface area contributed by atoms with Gasteiger partial charge in [0.05, 0.1) is 11.5 Å². The van der Waals surface area contributed by atoms with Gasteiger partial charge in [-0.05, 0) is 133 Å². The predicted octanol–water partition coefficient (Wildman–Crippen LogP) is 19.6. The van der Waals surface area contributed by atoms with Crippen LogP contribution < -0.4 is 4.90 Å². The summed E-state index contributed by atoms with van der Waals surface area (Å²) in [6.07, 6.45) is 8.09. The zero-order valence-electron chi connectivity index (χ0n) is 43.7. The summed E-state index contributed by atoms with van der Waals surface area (Å²) in [5, 5.41) is 0. The lowest BCUT2D eigenvalue weighted by Crippen LogP contribution is -2.32. The molecular weight excluding hydrogens is 867 g/mol. The molecule has 358 valence electrons. The van der Waals surface area contributed by atoms with Gasteiger partial charge in [0.2, 0.25) is 0 Å². The molecule has 0 heterocycles. The van der Waals surface area contributed by atoms with E-state index in [1.54, 1.807) is 0 Å². The first-order chi connectivity index (χ1) is 35.4. The van der Waals surface area contributed by atoms with Crippen LogP contribution in [0, 0.1) is 6.92 Å². The van der Waals surface area contributed by atoms with E-state index in [9.17, 15) is 0 Å². The minimum atomic E-state index is -0.549. The van der Waals surface area contributed by atoms with E-state index in [2.05, 4.69) is 262 Å². The van der Waals surface area contributed by atoms with E-state index in [-0.39, 0.29) is 11.5 Å². The van der Waals surface area contributed by atoms with Gasteiger partial charge in [-0.2, -0.15) is 0 Å². The minimum Gasteiger partial charge on any atom is -0.334 e. The number of anilines is 2. The second kappa shape index (κ2) is 21.3. The van der Waals surface area contributed by atoms with E-state index in [1.165, 1.54) is 106 Å². The molecule has 9 aromatic carbocycles. The Morgan fingerprint density at radius 3 is 1.44 bits per heavy atom. The van der Waals surface area contributed by atoms with Crippen LogP contribution in [0.4, 0.5) is 11.4 Å². The highest BCUT2D eigenvalue weighted by Gasteiger charge is 2.47. The number of hydrogen-bond donors (Lipinski definition) is 0. The van der Waals surface area contributed by atoms with Gasteiger partial charge in [-0.25, -0.2) is 0 Å². The van der Waals surface area contributed by atoms with Gasteiger partial charge in [0, 0.05) is 16.8 Å². The highest BCUT2D eigenvalue weighted by atomic mass is 15.2. The number of nitrogens with zero attached hydrogens (tertiary/aromatic N) is 1. The van der Waals surface area contributed by atoms with Gasteiger partial charge >= 0.3 is 0 Å². The summed E-state index contributed by atoms with van der Waals surface area (Å²) < 4.78 is 0. The molecule has 1 heteroatoms. The van der Waals surface area contributed by atoms with Gasteiger partial charge < -0.3 is 4.90 Å². The molecule has 12 rings (SSSR count). The molecule has 0 amide bonds. The molecule has 0 bridgehead atoms. The lowest BCUT2D eigenvalue weighted by molar-refractivity contribution is 0.659. The Bertz CT molecular complexity index is 3300. The molecule has 0 saturated heterocycles. The predicted molar refractivity (Wildman–Crippen MR) is 312 cm³/mol. The maximum absolute atomic E-state index is 2.61. The van der Waals surface area contributed by atoms with Crippen LogP contribution in [0.5, 0.6) is 0 Å². The Hall–Kier alpha value is -7.74. The molecule has 0 radical (unpaired) electrons. The molecule has 72 heavy (non-hydrogen) atoms. The first kappa shape index (κ1) is 49.2. The van der Waals surface area contributed by atoms with Gasteiger partial charge in [-0.3, -0.25) is 0 Å². The zero-order chi connectivity index (χ0) is 50.4. The molecule has 0 spiro atoms. The summed E-state index contributed by atoms with van der Waals surface area (Å²) >= 11 is 0. The Labute approximate surface area is 430 Å². The Balaban J connectivity index is 0.00000103. The van der Waals surface area contributed by atoms with Crippen LogP contribution in [-0.2, 0) is 10.8 Å². The fraction of sp³-hybridized carbons (Fsp3) is 0.183. The van der Waals surface area contributed by atoms with E-state index in [4.69, 9.17) is 0 Å². The summed E-state index contributed by atoms with van der Waals surface area (Å²) in [5.74, 6) is 0. The second-order valence-corrected chi connectivity index (χ2v) is 18.9. The van der Waals surface area contributed by atoms with Crippen LogP contribution in [0.3, 0.4) is 0 Å². The molecule has 0 fully saturated rings. The van der Waals surface area contributed by atoms with Crippen molar-refractivity contribution in [3.8, 4) is 44.5 Å². The van der Waals surface area contributed by atoms with Crippen molar-refractivity contribution in [1.82, 2.24) is 0 Å². The number of allylic oxidation sites excluding steroid dienone is 2. The van der Waals surface area contributed by atoms with Crippen molar-refractivity contribution in [2.45, 2.75) is 85.6 Å². The molecular formula is C71H69N. The average molecular weight is 936 g/mol. The molecule has 0 N–H and O–H groups in total. The standard InChI is InChI=1S/C65H51N.3C2H6/c1-44-23-25-46(26-24-44)48-31-34-53(35-32-48)66(54-36-38-57-56-21-13-14-22-60(56)64(2,3)62(57)42-54)55-37-39-58-59-41-50(49-29-27-47(28-30-49)45-15-7-4-8-16-45)33-40-61(59)65(63(58)43-55,51-17-9-5-10-18-51)52-19-11-6-12-20-52;3*1-2/h4-34,36-43,53H,35H2,1-3H3;3*1-2H3. The highest BCUT2D eigenvalue weighted by molar-refractivity contribution is 5.91. The monoisotopic (exact) mass is 936 g/mol. The van der Waals surface area contributed by atoms with Crippen LogP contribution in [0.1, 0.15) is 106 Å². The topological polar surface area (TPSA) is 3.24 Å². The van der Waals surface area contributed by atoms with Crippen LogP contribution in [0.25, 0.3) is 50.1 Å². The van der Waals surface area contributed by atoms with E-state index in [0.29, 0.717) is 0 Å². The van der Waals surface area contributed by atoms with E-state index in [1.807, 2.05) is 41.5 Å². The lowest BCUT2D eigenvalue weighted by atomic mass is 9.67. The number of hydrogen-bond acceptors (Lipinski definition) is 1. The van der Waals surface area contributed by atoms with Crippen molar-refractivity contribution >= 4 is 16.9 Å². The molecule has 0 aromatic heterocycles. The van der Waals surface area contributed by atoms with Crippen LogP contribution in [-0.4, -0.2) is 6.04 Å². The maximum Gasteiger partial charge on any atom is 0.0714 e. The van der Waals surface area contributed by atoms with Gasteiger partial charge in [0.25, 0.3) is 0 Å². The van der Waals surface area contributed by atoms with E-state index in [0.717, 1.165) is 6.42 Å². The molecule has 9 aromatic rings. The molecule has 3 aliphatic carbocycles. The van der Waals surface area contributed by atoms with Crippen LogP contribution in [0.2, 0.25) is 0 Å². The van der Waals surface area contributed by atoms with Crippen LogP contribution >= 0.6 is 0 Å². The molecule has 1 nitrogen and oxygen atoms in total. The minimum absolute atomic E-state index is 0.0966. The zero-order valence-corrected chi connectivity index (χ0v) is 43.7. The summed E-state index contributed by atoms with van der Waals surface area (Å²) in [6, 6.07) is 81.8. The second-order valence-electron chi connectivity index (χ2n) is 18.9. The van der Waals surface area contributed by atoms with Gasteiger partial charge in [0.15, 0.2) is 0 Å². The summed E-state index contributed by atoms with van der Waals surface area (Å²) in [7, 11) is 0. The normalized spacial score (nSPS) is 14.8. The smallest absolute Gasteiger partial charge is 0.0714 e. The highest BCUT2D eigenvalue weighted by Crippen LogP contribution is 2.58. The summed E-state index contributed by atoms with van der Waals surface area (Å²) in [4.78, 5) is 2.61. The third kappa shape index (κ3) is 8.66. The molecule has 1 atom stereocenters. The fourth-order valence-corrected chi connectivity index (χ4v) is 11.4. The first-order valence-corrected chi connectivity index (χ1v) is 26.4. The SMILES string of the molecule is CC.CC.CC.Cc1ccc(C2=CCC(N(c3ccc4c(c3)C(C)(C)c3ccccc3-4)c3ccc4c(c3)C(c3ccccc3)(c3ccccc3)c3ccc(-c5ccc(-c6ccccc6)cc5)cc3-4)C=C2)cc1. The summed E-state index contributed by atoms with van der Waals surface area (Å²) in [5.41, 5.74) is 23.6. The van der Waals surface area contributed by atoms with E-state index >= 15 is 0 Å².